The Kier molecular flexibility index (Phi) is 5.55. The van der Waals surface area contributed by atoms with Crippen molar-refractivity contribution in [2.75, 3.05) is 21.3 Å². The lowest BCUT2D eigenvalue weighted by atomic mass is 9.70. The molecular weight excluding hydrogens is 292 g/mol. The van der Waals surface area contributed by atoms with Gasteiger partial charge in [0.05, 0.1) is 21.3 Å². The molecule has 0 aliphatic heterocycles. The van der Waals surface area contributed by atoms with Crippen LogP contribution in [0.2, 0.25) is 0 Å². The Hall–Kier alpha value is -1.71. The molecule has 1 aliphatic rings. The molecule has 1 aromatic carbocycles. The highest BCUT2D eigenvalue weighted by Crippen LogP contribution is 2.55. The lowest BCUT2D eigenvalue weighted by Crippen LogP contribution is -2.21. The minimum absolute atomic E-state index is 0.283. The maximum Gasteiger partial charge on any atom is 0.167 e. The summed E-state index contributed by atoms with van der Waals surface area (Å²) in [6, 6.07) is 0. The van der Waals surface area contributed by atoms with Gasteiger partial charge in [0.2, 0.25) is 0 Å². The predicted molar refractivity (Wildman–Crippen MR) is 91.1 cm³/mol. The Labute approximate surface area is 139 Å². The summed E-state index contributed by atoms with van der Waals surface area (Å²) in [5, 5.41) is 0. The summed E-state index contributed by atoms with van der Waals surface area (Å²) in [6.07, 6.45) is 3.72. The van der Waals surface area contributed by atoms with Gasteiger partial charge in [-0.1, -0.05) is 13.8 Å². The second-order valence-corrected chi connectivity index (χ2v) is 6.52. The van der Waals surface area contributed by atoms with Gasteiger partial charge in [0, 0.05) is 23.1 Å². The van der Waals surface area contributed by atoms with Crippen LogP contribution < -0.4 is 14.2 Å². The van der Waals surface area contributed by atoms with Gasteiger partial charge in [-0.3, -0.25) is 0 Å². The third kappa shape index (κ3) is 2.91. The average Bonchev–Trinajstić information content (AvgIpc) is 2.54. The van der Waals surface area contributed by atoms with Gasteiger partial charge in [0.25, 0.3) is 0 Å². The Morgan fingerprint density at radius 2 is 1.65 bits per heavy atom. The number of aldehydes is 1. The Morgan fingerprint density at radius 1 is 1.04 bits per heavy atom. The number of benzene rings is 1. The van der Waals surface area contributed by atoms with Crippen LogP contribution in [0.4, 0.5) is 0 Å². The minimum Gasteiger partial charge on any atom is -0.496 e. The number of hydrogen-bond acceptors (Lipinski definition) is 4. The number of ether oxygens (including phenoxy) is 3. The van der Waals surface area contributed by atoms with Crippen LogP contribution in [0.5, 0.6) is 17.2 Å². The van der Waals surface area contributed by atoms with Gasteiger partial charge in [0.1, 0.15) is 12.0 Å². The number of carbonyl (C=O) groups excluding carboxylic acids is 1. The fourth-order valence-electron chi connectivity index (χ4n) is 4.01. The number of fused-ring (bicyclic) bond motifs is 1. The highest BCUT2D eigenvalue weighted by atomic mass is 16.5. The van der Waals surface area contributed by atoms with E-state index in [0.29, 0.717) is 18.3 Å². The van der Waals surface area contributed by atoms with Gasteiger partial charge in [-0.2, -0.15) is 0 Å². The fraction of sp³-hybridized carbons (Fsp3) is 0.632. The van der Waals surface area contributed by atoms with Crippen molar-refractivity contribution in [2.24, 2.45) is 5.92 Å². The second kappa shape index (κ2) is 7.24. The Bertz CT molecular complexity index is 579. The van der Waals surface area contributed by atoms with Crippen LogP contribution in [-0.4, -0.2) is 27.6 Å². The van der Waals surface area contributed by atoms with Gasteiger partial charge < -0.3 is 19.0 Å². The third-order valence-corrected chi connectivity index (χ3v) is 5.21. The largest absolute Gasteiger partial charge is 0.496 e. The molecule has 0 saturated heterocycles. The average molecular weight is 320 g/mol. The molecule has 0 amide bonds. The summed E-state index contributed by atoms with van der Waals surface area (Å²) in [6.45, 7) is 6.36. The first kappa shape index (κ1) is 17.6. The number of methoxy groups -OCH3 is 3. The highest BCUT2D eigenvalue weighted by Gasteiger charge is 2.36. The SMILES string of the molecule is COc1c(C)c(OC)c2c(c1OC)[C@@H](C)CC[C@H]2[C@@H](C)CC=O. The molecule has 0 heterocycles. The zero-order chi connectivity index (χ0) is 17.1. The first-order valence-corrected chi connectivity index (χ1v) is 8.27. The number of hydrogen-bond donors (Lipinski definition) is 0. The van der Waals surface area contributed by atoms with E-state index in [1.807, 2.05) is 6.92 Å². The standard InChI is InChI=1S/C19H28O4/c1-11(9-10-20)14-8-7-12(2)15-16(14)17(21-4)13(3)18(22-5)19(15)23-6/h10-12,14H,7-9H2,1-6H3/t11-,12-,14-/m0/s1. The topological polar surface area (TPSA) is 44.8 Å². The van der Waals surface area contributed by atoms with E-state index in [1.54, 1.807) is 21.3 Å². The van der Waals surface area contributed by atoms with Gasteiger partial charge in [-0.05, 0) is 37.5 Å². The Morgan fingerprint density at radius 3 is 2.17 bits per heavy atom. The second-order valence-electron chi connectivity index (χ2n) is 6.52. The quantitative estimate of drug-likeness (QED) is 0.736. The Balaban J connectivity index is 2.76. The molecule has 2 rings (SSSR count). The number of carbonyl (C=O) groups is 1. The summed E-state index contributed by atoms with van der Waals surface area (Å²) < 4.78 is 17.1. The van der Waals surface area contributed by atoms with Crippen molar-refractivity contribution in [2.45, 2.75) is 51.9 Å². The van der Waals surface area contributed by atoms with Crippen molar-refractivity contribution in [1.29, 1.82) is 0 Å². The third-order valence-electron chi connectivity index (χ3n) is 5.21. The summed E-state index contributed by atoms with van der Waals surface area (Å²) in [5.41, 5.74) is 3.35. The molecule has 0 N–H and O–H groups in total. The maximum atomic E-state index is 11.0. The summed E-state index contributed by atoms with van der Waals surface area (Å²) in [5.74, 6) is 3.41. The van der Waals surface area contributed by atoms with Crippen molar-refractivity contribution in [3.63, 3.8) is 0 Å². The molecule has 128 valence electrons. The van der Waals surface area contributed by atoms with Crippen molar-refractivity contribution >= 4 is 6.29 Å². The molecule has 0 saturated carbocycles. The van der Waals surface area contributed by atoms with Gasteiger partial charge in [-0.15, -0.1) is 0 Å². The van der Waals surface area contributed by atoms with Crippen LogP contribution in [0.3, 0.4) is 0 Å². The first-order valence-electron chi connectivity index (χ1n) is 8.27. The van der Waals surface area contributed by atoms with Crippen LogP contribution in [-0.2, 0) is 4.79 Å². The van der Waals surface area contributed by atoms with E-state index >= 15 is 0 Å². The molecule has 1 aromatic rings. The summed E-state index contributed by atoms with van der Waals surface area (Å²) in [4.78, 5) is 11.0. The van der Waals surface area contributed by atoms with E-state index in [-0.39, 0.29) is 5.92 Å². The summed E-state index contributed by atoms with van der Waals surface area (Å²) >= 11 is 0. The molecule has 0 unspecified atom stereocenters. The normalized spacial score (nSPS) is 21.3. The smallest absolute Gasteiger partial charge is 0.167 e. The van der Waals surface area contributed by atoms with Crippen LogP contribution in [0.25, 0.3) is 0 Å². The van der Waals surface area contributed by atoms with Crippen molar-refractivity contribution in [3.05, 3.63) is 16.7 Å². The zero-order valence-electron chi connectivity index (χ0n) is 15.1. The molecule has 0 fully saturated rings. The van der Waals surface area contributed by atoms with Crippen molar-refractivity contribution in [3.8, 4) is 17.2 Å². The van der Waals surface area contributed by atoms with Crippen molar-refractivity contribution < 1.29 is 19.0 Å². The molecule has 4 heteroatoms. The van der Waals surface area contributed by atoms with E-state index in [2.05, 4.69) is 13.8 Å². The van der Waals surface area contributed by atoms with Gasteiger partial charge in [-0.25, -0.2) is 0 Å². The molecule has 0 radical (unpaired) electrons. The lowest BCUT2D eigenvalue weighted by molar-refractivity contribution is -0.108. The molecule has 4 nitrogen and oxygen atoms in total. The number of rotatable bonds is 6. The molecule has 0 spiro atoms. The highest BCUT2D eigenvalue weighted by molar-refractivity contribution is 5.65. The fourth-order valence-corrected chi connectivity index (χ4v) is 4.01. The lowest BCUT2D eigenvalue weighted by Gasteiger charge is -2.36. The van der Waals surface area contributed by atoms with E-state index in [4.69, 9.17) is 14.2 Å². The van der Waals surface area contributed by atoms with Crippen LogP contribution in [0.1, 0.15) is 61.6 Å². The molecule has 0 bridgehead atoms. The van der Waals surface area contributed by atoms with E-state index in [0.717, 1.165) is 41.9 Å². The van der Waals surface area contributed by atoms with E-state index < -0.39 is 0 Å². The molecular formula is C19H28O4. The van der Waals surface area contributed by atoms with Crippen LogP contribution >= 0.6 is 0 Å². The molecule has 1 aliphatic carbocycles. The van der Waals surface area contributed by atoms with Crippen LogP contribution in [0, 0.1) is 12.8 Å². The van der Waals surface area contributed by atoms with Crippen molar-refractivity contribution in [1.82, 2.24) is 0 Å². The molecule has 23 heavy (non-hydrogen) atoms. The molecule has 0 aromatic heterocycles. The van der Waals surface area contributed by atoms with Gasteiger partial charge >= 0.3 is 0 Å². The van der Waals surface area contributed by atoms with E-state index in [1.165, 1.54) is 11.1 Å². The van der Waals surface area contributed by atoms with Crippen LogP contribution in [0.15, 0.2) is 0 Å². The predicted octanol–water partition coefficient (Wildman–Crippen LogP) is 4.23. The minimum atomic E-state index is 0.283. The summed E-state index contributed by atoms with van der Waals surface area (Å²) in [7, 11) is 5.06. The first-order chi connectivity index (χ1) is 11.0. The monoisotopic (exact) mass is 320 g/mol. The van der Waals surface area contributed by atoms with E-state index in [9.17, 15) is 4.79 Å². The maximum absolute atomic E-state index is 11.0. The molecule has 3 atom stereocenters. The van der Waals surface area contributed by atoms with Gasteiger partial charge in [0.15, 0.2) is 11.5 Å². The zero-order valence-corrected chi connectivity index (χ0v) is 15.1.